The van der Waals surface area contributed by atoms with Crippen LogP contribution in [0.5, 0.6) is 5.88 Å². The number of hydrogen-bond donors (Lipinski definition) is 1. The summed E-state index contributed by atoms with van der Waals surface area (Å²) < 4.78 is 1.82. The summed E-state index contributed by atoms with van der Waals surface area (Å²) in [6, 6.07) is 3.83. The smallest absolute Gasteiger partial charge is 0.222 e. The van der Waals surface area contributed by atoms with Gasteiger partial charge in [-0.1, -0.05) is 31.9 Å². The van der Waals surface area contributed by atoms with E-state index < -0.39 is 0 Å². The number of nitroso groups, excluding NO2 is 1. The van der Waals surface area contributed by atoms with Gasteiger partial charge in [0.25, 0.3) is 0 Å². The van der Waals surface area contributed by atoms with Gasteiger partial charge in [0, 0.05) is 11.9 Å². The van der Waals surface area contributed by atoms with Gasteiger partial charge in [-0.2, -0.15) is 0 Å². The number of unbranched alkanes of at least 4 members (excludes halogenated alkanes) is 2. The molecule has 2 rings (SSSR count). The number of aromatic nitrogens is 1. The van der Waals surface area contributed by atoms with E-state index in [4.69, 9.17) is 0 Å². The summed E-state index contributed by atoms with van der Waals surface area (Å²) in [4.78, 5) is 11.0. The summed E-state index contributed by atoms with van der Waals surface area (Å²) in [6.45, 7) is 6.91. The Balaban J connectivity index is 2.63. The van der Waals surface area contributed by atoms with Gasteiger partial charge in [-0.15, -0.1) is 4.91 Å². The molecular weight excluding hydrogens is 240 g/mol. The Hall–Kier alpha value is -1.84. The highest BCUT2D eigenvalue weighted by Crippen LogP contribution is 2.40. The number of benzene rings is 1. The molecule has 4 nitrogen and oxygen atoms in total. The molecule has 102 valence electrons. The van der Waals surface area contributed by atoms with Crippen LogP contribution in [-0.4, -0.2) is 9.67 Å². The van der Waals surface area contributed by atoms with Crippen molar-refractivity contribution in [2.24, 2.45) is 5.18 Å². The van der Waals surface area contributed by atoms with Crippen molar-refractivity contribution in [2.45, 2.75) is 46.6 Å². The molecule has 1 aromatic heterocycles. The Labute approximate surface area is 113 Å². The molecule has 0 aliphatic carbocycles. The molecule has 0 unspecified atom stereocenters. The van der Waals surface area contributed by atoms with Crippen molar-refractivity contribution in [1.29, 1.82) is 0 Å². The Morgan fingerprint density at radius 3 is 2.63 bits per heavy atom. The summed E-state index contributed by atoms with van der Waals surface area (Å²) in [5, 5.41) is 13.9. The van der Waals surface area contributed by atoms with E-state index in [2.05, 4.69) is 12.1 Å². The fourth-order valence-electron chi connectivity index (χ4n) is 2.52. The van der Waals surface area contributed by atoms with Crippen LogP contribution in [0.4, 0.5) is 5.69 Å². The van der Waals surface area contributed by atoms with Crippen molar-refractivity contribution in [2.75, 3.05) is 0 Å². The molecule has 0 fully saturated rings. The monoisotopic (exact) mass is 260 g/mol. The lowest BCUT2D eigenvalue weighted by molar-refractivity contribution is 0.417. The van der Waals surface area contributed by atoms with Gasteiger partial charge in [-0.25, -0.2) is 0 Å². The van der Waals surface area contributed by atoms with E-state index >= 15 is 0 Å². The Morgan fingerprint density at radius 1 is 1.26 bits per heavy atom. The Kier molecular flexibility index (Phi) is 3.88. The van der Waals surface area contributed by atoms with E-state index in [9.17, 15) is 10.0 Å². The highest BCUT2D eigenvalue weighted by atomic mass is 16.3. The minimum atomic E-state index is -0.00481. The lowest BCUT2D eigenvalue weighted by Gasteiger charge is -2.09. The standard InChI is InChI=1S/C15H20N2O2/c1-4-5-6-9-17-14-11(3)10(2)7-8-12(14)13(16-19)15(17)18/h7-8,18H,4-6,9H2,1-3H3. The first-order chi connectivity index (χ1) is 9.11. The predicted molar refractivity (Wildman–Crippen MR) is 78.1 cm³/mol. The van der Waals surface area contributed by atoms with Crippen LogP contribution in [0.3, 0.4) is 0 Å². The number of aryl methyl sites for hydroxylation is 3. The number of rotatable bonds is 5. The molecule has 0 spiro atoms. The van der Waals surface area contributed by atoms with Gasteiger partial charge < -0.3 is 9.67 Å². The summed E-state index contributed by atoms with van der Waals surface area (Å²) in [7, 11) is 0. The van der Waals surface area contributed by atoms with Gasteiger partial charge in [0.2, 0.25) is 5.88 Å². The predicted octanol–water partition coefficient (Wildman–Crippen LogP) is 4.55. The molecule has 1 heterocycles. The number of hydrogen-bond acceptors (Lipinski definition) is 3. The first-order valence-electron chi connectivity index (χ1n) is 6.76. The molecule has 0 atom stereocenters. The quantitative estimate of drug-likeness (QED) is 0.633. The highest BCUT2D eigenvalue weighted by Gasteiger charge is 2.19. The lowest BCUT2D eigenvalue weighted by Crippen LogP contribution is -1.99. The van der Waals surface area contributed by atoms with Crippen LogP contribution >= 0.6 is 0 Å². The van der Waals surface area contributed by atoms with Crippen LogP contribution in [0.25, 0.3) is 10.9 Å². The van der Waals surface area contributed by atoms with Gasteiger partial charge >= 0.3 is 0 Å². The molecular formula is C15H20N2O2. The van der Waals surface area contributed by atoms with E-state index in [1.807, 2.05) is 30.5 Å². The van der Waals surface area contributed by atoms with Gasteiger partial charge in [0.15, 0.2) is 5.69 Å². The van der Waals surface area contributed by atoms with Crippen LogP contribution < -0.4 is 0 Å². The van der Waals surface area contributed by atoms with Crippen LogP contribution in [0.15, 0.2) is 17.3 Å². The summed E-state index contributed by atoms with van der Waals surface area (Å²) in [6.07, 6.45) is 3.21. The molecule has 0 saturated carbocycles. The first-order valence-corrected chi connectivity index (χ1v) is 6.76. The van der Waals surface area contributed by atoms with Crippen molar-refractivity contribution in [3.8, 4) is 5.88 Å². The Bertz CT molecular complexity index is 614. The largest absolute Gasteiger partial charge is 0.493 e. The van der Waals surface area contributed by atoms with Gasteiger partial charge in [-0.3, -0.25) is 0 Å². The first kappa shape index (κ1) is 13.6. The summed E-state index contributed by atoms with van der Waals surface area (Å²) in [5.41, 5.74) is 3.34. The molecule has 19 heavy (non-hydrogen) atoms. The van der Waals surface area contributed by atoms with Crippen LogP contribution in [0, 0.1) is 18.8 Å². The van der Waals surface area contributed by atoms with E-state index in [1.165, 1.54) is 0 Å². The van der Waals surface area contributed by atoms with Crippen LogP contribution in [0.2, 0.25) is 0 Å². The molecule has 1 aromatic carbocycles. The average molecular weight is 260 g/mol. The maximum atomic E-state index is 11.0. The third kappa shape index (κ3) is 2.23. The van der Waals surface area contributed by atoms with Crippen molar-refractivity contribution in [3.05, 3.63) is 28.2 Å². The molecule has 0 radical (unpaired) electrons. The minimum absolute atomic E-state index is 0.00481. The SMILES string of the molecule is CCCCCn1c(O)c(N=O)c2ccc(C)c(C)c21. The lowest BCUT2D eigenvalue weighted by atomic mass is 10.1. The number of fused-ring (bicyclic) bond motifs is 1. The molecule has 0 aliphatic rings. The molecule has 0 aliphatic heterocycles. The highest BCUT2D eigenvalue weighted by molar-refractivity contribution is 5.97. The topological polar surface area (TPSA) is 54.6 Å². The van der Waals surface area contributed by atoms with Gasteiger partial charge in [-0.05, 0) is 36.6 Å². The molecule has 1 N–H and O–H groups in total. The third-order valence-corrected chi connectivity index (χ3v) is 3.77. The maximum absolute atomic E-state index is 11.0. The van der Waals surface area contributed by atoms with Crippen LogP contribution in [0.1, 0.15) is 37.3 Å². The fourth-order valence-corrected chi connectivity index (χ4v) is 2.52. The summed E-state index contributed by atoms with van der Waals surface area (Å²) in [5.74, 6) is -0.00481. The Morgan fingerprint density at radius 2 is 2.00 bits per heavy atom. The average Bonchev–Trinajstić information content (AvgIpc) is 2.67. The second kappa shape index (κ2) is 5.43. The zero-order chi connectivity index (χ0) is 14.0. The maximum Gasteiger partial charge on any atom is 0.222 e. The zero-order valence-electron chi connectivity index (χ0n) is 11.7. The third-order valence-electron chi connectivity index (χ3n) is 3.77. The zero-order valence-corrected chi connectivity index (χ0v) is 11.7. The number of aromatic hydroxyl groups is 1. The van der Waals surface area contributed by atoms with Crippen molar-refractivity contribution in [3.63, 3.8) is 0 Å². The molecule has 2 aromatic rings. The summed E-state index contributed by atoms with van der Waals surface area (Å²) >= 11 is 0. The van der Waals surface area contributed by atoms with E-state index in [0.29, 0.717) is 0 Å². The minimum Gasteiger partial charge on any atom is -0.493 e. The van der Waals surface area contributed by atoms with E-state index in [1.54, 1.807) is 0 Å². The molecule has 0 saturated heterocycles. The number of nitrogens with zero attached hydrogens (tertiary/aromatic N) is 2. The normalized spacial score (nSPS) is 11.1. The van der Waals surface area contributed by atoms with Crippen molar-refractivity contribution >= 4 is 16.6 Å². The van der Waals surface area contributed by atoms with Gasteiger partial charge in [0.05, 0.1) is 5.52 Å². The fraction of sp³-hybridized carbons (Fsp3) is 0.467. The second-order valence-electron chi connectivity index (χ2n) is 5.03. The van der Waals surface area contributed by atoms with Crippen molar-refractivity contribution < 1.29 is 5.11 Å². The van der Waals surface area contributed by atoms with Crippen molar-refractivity contribution in [1.82, 2.24) is 4.57 Å². The molecule has 0 amide bonds. The van der Waals surface area contributed by atoms with E-state index in [-0.39, 0.29) is 11.6 Å². The molecule has 4 heteroatoms. The van der Waals surface area contributed by atoms with E-state index in [0.717, 1.165) is 47.8 Å². The van der Waals surface area contributed by atoms with Gasteiger partial charge in [0.1, 0.15) is 0 Å². The van der Waals surface area contributed by atoms with Crippen LogP contribution in [-0.2, 0) is 6.54 Å². The second-order valence-corrected chi connectivity index (χ2v) is 5.03. The molecule has 0 bridgehead atoms.